The second-order valence-electron chi connectivity index (χ2n) is 9.96. The molecule has 1 atom stereocenters. The molecule has 11 heteroatoms. The molecule has 1 aliphatic carbocycles. The minimum absolute atomic E-state index is 0.0123. The molecule has 1 saturated carbocycles. The molecule has 2 aliphatic rings. The van der Waals surface area contributed by atoms with Crippen molar-refractivity contribution in [3.63, 3.8) is 0 Å². The highest BCUT2D eigenvalue weighted by molar-refractivity contribution is 7.15. The molecule has 0 radical (unpaired) electrons. The lowest BCUT2D eigenvalue weighted by Gasteiger charge is -2.11. The zero-order valence-electron chi connectivity index (χ0n) is 22.0. The Morgan fingerprint density at radius 2 is 1.83 bits per heavy atom. The first-order valence-electron chi connectivity index (χ1n) is 13.4. The SMILES string of the molecule is CCc1nc(-c2nnc(N[C@@H]3N=C(c4ccccc4)c4cccc(F)c4CC3=O)o2)c(-c2cnc(C3CC3)nc2)s1. The molecule has 204 valence electrons. The number of thiazole rings is 1. The number of nitrogens with zero attached hydrogens (tertiary/aromatic N) is 6. The average molecular weight is 566 g/mol. The fraction of sp³-hybridized carbons (Fsp3) is 0.233. The Labute approximate surface area is 238 Å². The van der Waals surface area contributed by atoms with Crippen LogP contribution in [0.5, 0.6) is 0 Å². The molecular formula is C30H24FN7O2S. The summed E-state index contributed by atoms with van der Waals surface area (Å²) in [5.41, 5.74) is 3.52. The lowest BCUT2D eigenvalue weighted by atomic mass is 9.95. The number of ketones is 1. The molecule has 0 bridgehead atoms. The van der Waals surface area contributed by atoms with Gasteiger partial charge in [-0.05, 0) is 25.3 Å². The van der Waals surface area contributed by atoms with Gasteiger partial charge in [0.2, 0.25) is 0 Å². The van der Waals surface area contributed by atoms with Gasteiger partial charge in [0.15, 0.2) is 11.9 Å². The molecule has 0 spiro atoms. The molecule has 0 unspecified atom stereocenters. The van der Waals surface area contributed by atoms with Gasteiger partial charge in [0.1, 0.15) is 17.3 Å². The zero-order chi connectivity index (χ0) is 27.9. The molecule has 1 aliphatic heterocycles. The van der Waals surface area contributed by atoms with E-state index < -0.39 is 12.0 Å². The van der Waals surface area contributed by atoms with E-state index >= 15 is 0 Å². The number of fused-ring (bicyclic) bond motifs is 1. The molecule has 0 amide bonds. The Morgan fingerprint density at radius 3 is 2.59 bits per heavy atom. The van der Waals surface area contributed by atoms with Gasteiger partial charge in [-0.3, -0.25) is 9.79 Å². The predicted octanol–water partition coefficient (Wildman–Crippen LogP) is 5.63. The van der Waals surface area contributed by atoms with Crippen LogP contribution in [0.25, 0.3) is 22.0 Å². The average Bonchev–Trinajstić information content (AvgIpc) is 3.63. The Kier molecular flexibility index (Phi) is 6.43. The van der Waals surface area contributed by atoms with Crippen LogP contribution in [0.4, 0.5) is 10.4 Å². The van der Waals surface area contributed by atoms with Crippen LogP contribution < -0.4 is 5.32 Å². The number of aromatic nitrogens is 5. The van der Waals surface area contributed by atoms with Crippen LogP contribution in [0, 0.1) is 5.82 Å². The maximum Gasteiger partial charge on any atom is 0.317 e. The highest BCUT2D eigenvalue weighted by Gasteiger charge is 2.30. The lowest BCUT2D eigenvalue weighted by molar-refractivity contribution is -0.119. The zero-order valence-corrected chi connectivity index (χ0v) is 22.9. The number of rotatable bonds is 7. The van der Waals surface area contributed by atoms with E-state index in [1.54, 1.807) is 12.1 Å². The fourth-order valence-corrected chi connectivity index (χ4v) is 5.77. The van der Waals surface area contributed by atoms with Crippen LogP contribution in [-0.2, 0) is 17.6 Å². The number of nitrogens with one attached hydrogen (secondary N) is 1. The predicted molar refractivity (Wildman–Crippen MR) is 152 cm³/mol. The number of hydrogen-bond acceptors (Lipinski definition) is 10. The van der Waals surface area contributed by atoms with Gasteiger partial charge in [-0.25, -0.2) is 19.3 Å². The minimum Gasteiger partial charge on any atom is -0.402 e. The second kappa shape index (κ2) is 10.4. The van der Waals surface area contributed by atoms with Crippen LogP contribution in [0.15, 0.2) is 70.3 Å². The topological polar surface area (TPSA) is 119 Å². The lowest BCUT2D eigenvalue weighted by Crippen LogP contribution is -2.29. The summed E-state index contributed by atoms with van der Waals surface area (Å²) in [4.78, 5) is 32.7. The summed E-state index contributed by atoms with van der Waals surface area (Å²) in [5.74, 6) is 0.759. The Hall–Kier alpha value is -4.64. The molecule has 9 nitrogen and oxygen atoms in total. The van der Waals surface area contributed by atoms with E-state index in [9.17, 15) is 9.18 Å². The van der Waals surface area contributed by atoms with Crippen molar-refractivity contribution >= 4 is 28.8 Å². The first-order valence-corrected chi connectivity index (χ1v) is 14.2. The largest absolute Gasteiger partial charge is 0.402 e. The second-order valence-corrected chi connectivity index (χ2v) is 11.0. The van der Waals surface area contributed by atoms with Gasteiger partial charge in [-0.15, -0.1) is 16.4 Å². The van der Waals surface area contributed by atoms with Gasteiger partial charge in [-0.2, -0.15) is 0 Å². The van der Waals surface area contributed by atoms with Crippen molar-refractivity contribution in [1.82, 2.24) is 25.1 Å². The number of aliphatic imine (C=N–C) groups is 1. The van der Waals surface area contributed by atoms with Crippen molar-refractivity contribution in [3.05, 3.63) is 94.3 Å². The van der Waals surface area contributed by atoms with E-state index in [0.29, 0.717) is 28.5 Å². The van der Waals surface area contributed by atoms with Gasteiger partial charge in [0.05, 0.1) is 15.6 Å². The summed E-state index contributed by atoms with van der Waals surface area (Å²) in [6.07, 6.45) is 5.43. The number of halogens is 1. The fourth-order valence-electron chi connectivity index (χ4n) is 4.80. The molecule has 0 saturated heterocycles. The van der Waals surface area contributed by atoms with E-state index in [-0.39, 0.29) is 24.1 Å². The monoisotopic (exact) mass is 565 g/mol. The third-order valence-electron chi connectivity index (χ3n) is 7.07. The Morgan fingerprint density at radius 1 is 1.02 bits per heavy atom. The number of carbonyl (C=O) groups excluding carboxylic acids is 1. The molecule has 2 aromatic carbocycles. The number of carbonyl (C=O) groups is 1. The van der Waals surface area contributed by atoms with Crippen molar-refractivity contribution in [3.8, 4) is 22.0 Å². The van der Waals surface area contributed by atoms with Gasteiger partial charge < -0.3 is 9.73 Å². The summed E-state index contributed by atoms with van der Waals surface area (Å²) >= 11 is 1.53. The van der Waals surface area contributed by atoms with E-state index in [1.807, 2.05) is 49.6 Å². The normalized spacial score (nSPS) is 16.7. The number of benzene rings is 2. The summed E-state index contributed by atoms with van der Waals surface area (Å²) < 4.78 is 20.8. The van der Waals surface area contributed by atoms with Crippen molar-refractivity contribution < 1.29 is 13.6 Å². The van der Waals surface area contributed by atoms with E-state index in [0.717, 1.165) is 46.1 Å². The van der Waals surface area contributed by atoms with Crippen LogP contribution in [-0.4, -0.2) is 42.8 Å². The number of Topliss-reactive ketones (excluding diaryl/α,β-unsaturated/α-hetero) is 1. The van der Waals surface area contributed by atoms with Crippen molar-refractivity contribution in [2.75, 3.05) is 5.32 Å². The third kappa shape index (κ3) is 4.93. The highest BCUT2D eigenvalue weighted by atomic mass is 32.1. The quantitative estimate of drug-likeness (QED) is 0.270. The van der Waals surface area contributed by atoms with Crippen molar-refractivity contribution in [2.24, 2.45) is 4.99 Å². The van der Waals surface area contributed by atoms with Crippen molar-refractivity contribution in [2.45, 2.75) is 44.7 Å². The Balaban J connectivity index is 1.21. The first-order chi connectivity index (χ1) is 20.1. The maximum atomic E-state index is 14.8. The summed E-state index contributed by atoms with van der Waals surface area (Å²) in [5, 5.41) is 12.2. The van der Waals surface area contributed by atoms with Gasteiger partial charge >= 0.3 is 6.01 Å². The minimum atomic E-state index is -1.06. The molecule has 41 heavy (non-hydrogen) atoms. The van der Waals surface area contributed by atoms with Gasteiger partial charge in [0, 0.05) is 47.0 Å². The molecule has 7 rings (SSSR count). The summed E-state index contributed by atoms with van der Waals surface area (Å²) in [7, 11) is 0. The van der Waals surface area contributed by atoms with Gasteiger partial charge in [-0.1, -0.05) is 54.5 Å². The maximum absolute atomic E-state index is 14.8. The molecular weight excluding hydrogens is 541 g/mol. The smallest absolute Gasteiger partial charge is 0.317 e. The molecule has 1 N–H and O–H groups in total. The molecule has 4 heterocycles. The standard InChI is InChI=1S/C30H24FN7O2S/c1-2-23-34-25(26(41-23)18-14-32-27(33-15-18)17-11-12-17)29-37-38-30(40-29)36-28-22(39)13-20-19(9-6-10-21(20)31)24(35-28)16-7-4-3-5-8-16/h3-10,14-15,17,28H,2,11-13H2,1H3,(H,36,38)/t28-/m0/s1. The van der Waals surface area contributed by atoms with Crippen LogP contribution in [0.3, 0.4) is 0 Å². The molecule has 3 aromatic heterocycles. The molecule has 5 aromatic rings. The highest BCUT2D eigenvalue weighted by Crippen LogP contribution is 2.40. The summed E-state index contributed by atoms with van der Waals surface area (Å²) in [6.45, 7) is 2.03. The Bertz CT molecular complexity index is 1780. The number of anilines is 1. The number of hydrogen-bond donors (Lipinski definition) is 1. The van der Waals surface area contributed by atoms with E-state index in [4.69, 9.17) is 14.4 Å². The third-order valence-corrected chi connectivity index (χ3v) is 8.32. The van der Waals surface area contributed by atoms with Crippen molar-refractivity contribution in [1.29, 1.82) is 0 Å². The first kappa shape index (κ1) is 25.3. The van der Waals surface area contributed by atoms with E-state index in [2.05, 4.69) is 25.5 Å². The van der Waals surface area contributed by atoms with Crippen LogP contribution >= 0.6 is 11.3 Å². The van der Waals surface area contributed by atoms with Gasteiger partial charge in [0.25, 0.3) is 5.89 Å². The summed E-state index contributed by atoms with van der Waals surface area (Å²) in [6, 6.07) is 14.1. The van der Waals surface area contributed by atoms with E-state index in [1.165, 1.54) is 17.4 Å². The van der Waals surface area contributed by atoms with Crippen LogP contribution in [0.2, 0.25) is 0 Å². The molecule has 1 fully saturated rings. The van der Waals surface area contributed by atoms with Crippen LogP contribution in [0.1, 0.15) is 53.2 Å². The number of aryl methyl sites for hydroxylation is 1.